The van der Waals surface area contributed by atoms with E-state index in [1.807, 2.05) is 12.1 Å². The second-order valence-electron chi connectivity index (χ2n) is 7.72. The summed E-state index contributed by atoms with van der Waals surface area (Å²) >= 11 is 0. The standard InChI is InChI=1S/C24H31NO3/c1-2-18-7-3-4-8-23(18)28-21-10-11-22(19-12-13-25-16-19)20(15-21)17-27-24-9-5-6-14-26-24/h3-4,7-8,10-11,15,19,24-25H,2,5-6,9,12-14,16-17H2,1H3. The largest absolute Gasteiger partial charge is 0.457 e. The van der Waals surface area contributed by atoms with Crippen molar-refractivity contribution in [2.45, 2.75) is 57.8 Å². The van der Waals surface area contributed by atoms with E-state index in [2.05, 4.69) is 42.6 Å². The molecule has 2 aliphatic rings. The average Bonchev–Trinajstić information content (AvgIpc) is 3.28. The molecule has 2 aliphatic heterocycles. The normalized spacial score (nSPS) is 22.3. The van der Waals surface area contributed by atoms with Gasteiger partial charge in [-0.2, -0.15) is 0 Å². The van der Waals surface area contributed by atoms with Crippen molar-refractivity contribution in [2.75, 3.05) is 19.7 Å². The third kappa shape index (κ3) is 4.75. The van der Waals surface area contributed by atoms with Gasteiger partial charge >= 0.3 is 0 Å². The quantitative estimate of drug-likeness (QED) is 0.719. The summed E-state index contributed by atoms with van der Waals surface area (Å²) in [5.74, 6) is 2.35. The Morgan fingerprint density at radius 2 is 2.00 bits per heavy atom. The Kier molecular flexibility index (Phi) is 6.63. The summed E-state index contributed by atoms with van der Waals surface area (Å²) in [6, 6.07) is 14.7. The highest BCUT2D eigenvalue weighted by molar-refractivity contribution is 5.42. The highest BCUT2D eigenvalue weighted by Crippen LogP contribution is 2.32. The predicted octanol–water partition coefficient (Wildman–Crippen LogP) is 5.16. The maximum atomic E-state index is 6.25. The topological polar surface area (TPSA) is 39.7 Å². The van der Waals surface area contributed by atoms with Gasteiger partial charge in [0.1, 0.15) is 11.5 Å². The number of benzene rings is 2. The molecule has 4 rings (SSSR count). The van der Waals surface area contributed by atoms with Gasteiger partial charge in [0.2, 0.25) is 0 Å². The first-order valence-electron chi connectivity index (χ1n) is 10.7. The van der Waals surface area contributed by atoms with Crippen molar-refractivity contribution in [3.8, 4) is 11.5 Å². The minimum absolute atomic E-state index is 0.0753. The van der Waals surface area contributed by atoms with Crippen LogP contribution < -0.4 is 10.1 Å². The zero-order valence-electron chi connectivity index (χ0n) is 16.8. The van der Waals surface area contributed by atoms with Crippen LogP contribution in [0.1, 0.15) is 55.2 Å². The Hall–Kier alpha value is -1.88. The van der Waals surface area contributed by atoms with Crippen LogP contribution in [0.25, 0.3) is 0 Å². The number of nitrogens with one attached hydrogen (secondary N) is 1. The van der Waals surface area contributed by atoms with Gasteiger partial charge in [-0.05, 0) is 79.5 Å². The highest BCUT2D eigenvalue weighted by Gasteiger charge is 2.22. The number of hydrogen-bond acceptors (Lipinski definition) is 4. The van der Waals surface area contributed by atoms with Gasteiger partial charge in [0.05, 0.1) is 6.61 Å². The SMILES string of the molecule is CCc1ccccc1Oc1ccc(C2CCNC2)c(COC2CCCCO2)c1. The fourth-order valence-corrected chi connectivity index (χ4v) is 4.14. The van der Waals surface area contributed by atoms with E-state index in [-0.39, 0.29) is 6.29 Å². The van der Waals surface area contributed by atoms with Crippen LogP contribution in [0.5, 0.6) is 11.5 Å². The third-order valence-electron chi connectivity index (χ3n) is 5.76. The molecule has 2 aromatic carbocycles. The molecule has 0 aliphatic carbocycles. The number of rotatable bonds is 7. The molecule has 2 saturated heterocycles. The van der Waals surface area contributed by atoms with Gasteiger partial charge < -0.3 is 19.5 Å². The molecule has 2 fully saturated rings. The number of aryl methyl sites for hydroxylation is 1. The summed E-state index contributed by atoms with van der Waals surface area (Å²) in [6.45, 7) is 5.65. The van der Waals surface area contributed by atoms with Crippen molar-refractivity contribution < 1.29 is 14.2 Å². The zero-order chi connectivity index (χ0) is 19.2. The second-order valence-corrected chi connectivity index (χ2v) is 7.72. The molecule has 4 nitrogen and oxygen atoms in total. The average molecular weight is 382 g/mol. The first-order chi connectivity index (χ1) is 13.8. The summed E-state index contributed by atoms with van der Waals surface area (Å²) in [7, 11) is 0. The van der Waals surface area contributed by atoms with Gasteiger partial charge in [-0.25, -0.2) is 0 Å². The minimum atomic E-state index is -0.0753. The lowest BCUT2D eigenvalue weighted by Crippen LogP contribution is -2.22. The predicted molar refractivity (Wildman–Crippen MR) is 111 cm³/mol. The van der Waals surface area contributed by atoms with Crippen LogP contribution in [0, 0.1) is 0 Å². The monoisotopic (exact) mass is 381 g/mol. The highest BCUT2D eigenvalue weighted by atomic mass is 16.7. The molecular weight excluding hydrogens is 350 g/mol. The molecule has 0 saturated carbocycles. The molecule has 0 bridgehead atoms. The van der Waals surface area contributed by atoms with E-state index in [1.54, 1.807) is 0 Å². The smallest absolute Gasteiger partial charge is 0.158 e. The molecule has 0 spiro atoms. The summed E-state index contributed by atoms with van der Waals surface area (Å²) < 4.78 is 18.1. The number of para-hydroxylation sites is 1. The van der Waals surface area contributed by atoms with Crippen molar-refractivity contribution >= 4 is 0 Å². The van der Waals surface area contributed by atoms with Crippen molar-refractivity contribution in [1.82, 2.24) is 5.32 Å². The molecule has 0 aromatic heterocycles. The molecule has 4 heteroatoms. The molecule has 1 N–H and O–H groups in total. The van der Waals surface area contributed by atoms with Crippen LogP contribution in [0.3, 0.4) is 0 Å². The van der Waals surface area contributed by atoms with E-state index in [1.165, 1.54) is 29.5 Å². The summed E-state index contributed by atoms with van der Waals surface area (Å²) in [5.41, 5.74) is 3.81. The van der Waals surface area contributed by atoms with Gasteiger partial charge in [-0.1, -0.05) is 31.2 Å². The third-order valence-corrected chi connectivity index (χ3v) is 5.76. The number of hydrogen-bond donors (Lipinski definition) is 1. The lowest BCUT2D eigenvalue weighted by molar-refractivity contribution is -0.169. The fraction of sp³-hybridized carbons (Fsp3) is 0.500. The molecule has 150 valence electrons. The Bertz CT molecular complexity index is 764. The van der Waals surface area contributed by atoms with E-state index in [4.69, 9.17) is 14.2 Å². The fourth-order valence-electron chi connectivity index (χ4n) is 4.14. The van der Waals surface area contributed by atoms with E-state index < -0.39 is 0 Å². The van der Waals surface area contributed by atoms with E-state index in [0.717, 1.165) is 50.5 Å². The minimum Gasteiger partial charge on any atom is -0.457 e. The lowest BCUT2D eigenvalue weighted by atomic mass is 9.93. The Morgan fingerprint density at radius 1 is 1.07 bits per heavy atom. The maximum Gasteiger partial charge on any atom is 0.158 e. The Balaban J connectivity index is 1.54. The van der Waals surface area contributed by atoms with E-state index in [0.29, 0.717) is 12.5 Å². The Morgan fingerprint density at radius 3 is 2.79 bits per heavy atom. The molecule has 0 radical (unpaired) electrons. The lowest BCUT2D eigenvalue weighted by Gasteiger charge is -2.24. The van der Waals surface area contributed by atoms with Crippen LogP contribution in [0.4, 0.5) is 0 Å². The van der Waals surface area contributed by atoms with Crippen molar-refractivity contribution in [2.24, 2.45) is 0 Å². The van der Waals surface area contributed by atoms with Crippen LogP contribution in [-0.2, 0) is 22.5 Å². The molecular formula is C24H31NO3. The molecule has 2 atom stereocenters. The first kappa shape index (κ1) is 19.4. The van der Waals surface area contributed by atoms with Crippen molar-refractivity contribution in [1.29, 1.82) is 0 Å². The van der Waals surface area contributed by atoms with Gasteiger partial charge in [0, 0.05) is 13.2 Å². The van der Waals surface area contributed by atoms with Crippen LogP contribution in [0.15, 0.2) is 42.5 Å². The van der Waals surface area contributed by atoms with Gasteiger partial charge in [-0.3, -0.25) is 0 Å². The molecule has 28 heavy (non-hydrogen) atoms. The van der Waals surface area contributed by atoms with Crippen molar-refractivity contribution in [3.63, 3.8) is 0 Å². The second kappa shape index (κ2) is 9.55. The van der Waals surface area contributed by atoms with E-state index >= 15 is 0 Å². The number of ether oxygens (including phenoxy) is 3. The van der Waals surface area contributed by atoms with E-state index in [9.17, 15) is 0 Å². The van der Waals surface area contributed by atoms with Crippen LogP contribution in [-0.4, -0.2) is 26.0 Å². The Labute approximate surface area is 168 Å². The zero-order valence-corrected chi connectivity index (χ0v) is 16.8. The molecule has 0 amide bonds. The molecule has 2 unspecified atom stereocenters. The van der Waals surface area contributed by atoms with Gasteiger partial charge in [0.15, 0.2) is 6.29 Å². The van der Waals surface area contributed by atoms with Gasteiger partial charge in [0.25, 0.3) is 0 Å². The molecule has 2 aromatic rings. The van der Waals surface area contributed by atoms with Crippen LogP contribution in [0.2, 0.25) is 0 Å². The molecule has 2 heterocycles. The first-order valence-corrected chi connectivity index (χ1v) is 10.7. The summed E-state index contributed by atoms with van der Waals surface area (Å²) in [4.78, 5) is 0. The van der Waals surface area contributed by atoms with Crippen molar-refractivity contribution in [3.05, 3.63) is 59.2 Å². The van der Waals surface area contributed by atoms with Crippen LogP contribution >= 0.6 is 0 Å². The van der Waals surface area contributed by atoms with Gasteiger partial charge in [-0.15, -0.1) is 0 Å². The summed E-state index contributed by atoms with van der Waals surface area (Å²) in [6.07, 6.45) is 5.36. The maximum absolute atomic E-state index is 6.25. The summed E-state index contributed by atoms with van der Waals surface area (Å²) in [5, 5.41) is 3.48.